The maximum atomic E-state index is 5.20. The Hall–Kier alpha value is -1.53. The van der Waals surface area contributed by atoms with E-state index in [0.29, 0.717) is 5.82 Å². The second-order valence-corrected chi connectivity index (χ2v) is 2.12. The number of hydrogen-bond acceptors (Lipinski definition) is 3. The lowest BCUT2D eigenvalue weighted by atomic mass is 10.2. The van der Waals surface area contributed by atoms with Crippen molar-refractivity contribution < 1.29 is 0 Å². The van der Waals surface area contributed by atoms with E-state index in [0.717, 1.165) is 11.3 Å². The molecule has 1 aromatic heterocycles. The second kappa shape index (κ2) is 3.04. The number of anilines is 1. The van der Waals surface area contributed by atoms with E-state index in [4.69, 9.17) is 12.3 Å². The van der Waals surface area contributed by atoms with Crippen LogP contribution in [0.5, 0.6) is 0 Å². The molecule has 0 saturated carbocycles. The predicted octanol–water partition coefficient (Wildman–Crippen LogP) is 0.657. The number of terminal acetylenes is 1. The summed E-state index contributed by atoms with van der Waals surface area (Å²) in [6.45, 7) is 1.84. The molecule has 56 valence electrons. The fourth-order valence-electron chi connectivity index (χ4n) is 0.794. The third kappa shape index (κ3) is 1.48. The molecule has 1 aromatic rings. The molecular formula is C8H9N3. The van der Waals surface area contributed by atoms with Crippen molar-refractivity contribution in [1.29, 1.82) is 0 Å². The van der Waals surface area contributed by atoms with Crippen LogP contribution in [0, 0.1) is 19.3 Å². The minimum atomic E-state index is 0.626. The predicted molar refractivity (Wildman–Crippen MR) is 44.7 cm³/mol. The van der Waals surface area contributed by atoms with E-state index in [1.165, 1.54) is 0 Å². The van der Waals surface area contributed by atoms with Gasteiger partial charge in [0.1, 0.15) is 5.82 Å². The molecule has 0 aliphatic carbocycles. The van der Waals surface area contributed by atoms with Crippen LogP contribution in [0.2, 0.25) is 0 Å². The number of aryl methyl sites for hydroxylation is 1. The van der Waals surface area contributed by atoms with E-state index in [2.05, 4.69) is 16.3 Å². The van der Waals surface area contributed by atoms with Gasteiger partial charge in [-0.1, -0.05) is 5.92 Å². The van der Waals surface area contributed by atoms with Gasteiger partial charge in [-0.15, -0.1) is 6.42 Å². The number of hydrogen-bond donors (Lipinski definition) is 2. The lowest BCUT2D eigenvalue weighted by molar-refractivity contribution is 1.15. The molecule has 11 heavy (non-hydrogen) atoms. The Morgan fingerprint density at radius 2 is 2.36 bits per heavy atom. The molecule has 0 saturated heterocycles. The summed E-state index contributed by atoms with van der Waals surface area (Å²) in [6.07, 6.45) is 5.20. The molecular weight excluding hydrogens is 138 g/mol. The van der Waals surface area contributed by atoms with Crippen LogP contribution in [0.4, 0.5) is 5.82 Å². The molecule has 0 fully saturated rings. The SMILES string of the molecule is C#Cc1ccc(NN)nc1C. The third-order valence-corrected chi connectivity index (χ3v) is 1.39. The number of hydrazine groups is 1. The van der Waals surface area contributed by atoms with Gasteiger partial charge in [-0.3, -0.25) is 0 Å². The minimum absolute atomic E-state index is 0.626. The maximum Gasteiger partial charge on any atom is 0.140 e. The van der Waals surface area contributed by atoms with Gasteiger partial charge in [0.2, 0.25) is 0 Å². The number of nitrogens with one attached hydrogen (secondary N) is 1. The first-order chi connectivity index (χ1) is 5.27. The Balaban J connectivity index is 3.12. The van der Waals surface area contributed by atoms with Crippen LogP contribution in [0.15, 0.2) is 12.1 Å². The zero-order valence-electron chi connectivity index (χ0n) is 6.26. The van der Waals surface area contributed by atoms with Crippen molar-refractivity contribution in [1.82, 2.24) is 4.98 Å². The normalized spacial score (nSPS) is 8.82. The monoisotopic (exact) mass is 147 g/mol. The quantitative estimate of drug-likeness (QED) is 0.348. The van der Waals surface area contributed by atoms with E-state index in [1.54, 1.807) is 12.1 Å². The largest absolute Gasteiger partial charge is 0.308 e. The summed E-state index contributed by atoms with van der Waals surface area (Å²) in [7, 11) is 0. The topological polar surface area (TPSA) is 50.9 Å². The highest BCUT2D eigenvalue weighted by Crippen LogP contribution is 2.07. The van der Waals surface area contributed by atoms with Crippen molar-refractivity contribution >= 4 is 5.82 Å². The van der Waals surface area contributed by atoms with Crippen LogP contribution in [0.1, 0.15) is 11.3 Å². The molecule has 0 unspecified atom stereocenters. The van der Waals surface area contributed by atoms with Crippen molar-refractivity contribution in [2.75, 3.05) is 5.43 Å². The molecule has 3 nitrogen and oxygen atoms in total. The van der Waals surface area contributed by atoms with Crippen molar-refractivity contribution in [3.63, 3.8) is 0 Å². The van der Waals surface area contributed by atoms with Crippen molar-refractivity contribution in [2.45, 2.75) is 6.92 Å². The van der Waals surface area contributed by atoms with Gasteiger partial charge in [0.25, 0.3) is 0 Å². The first-order valence-electron chi connectivity index (χ1n) is 3.19. The standard InChI is InChI=1S/C8H9N3/c1-3-7-4-5-8(11-9)10-6(7)2/h1,4-5H,9H2,2H3,(H,10,11). The van der Waals surface area contributed by atoms with Crippen LogP contribution in [0.25, 0.3) is 0 Å². The number of nitrogens with zero attached hydrogens (tertiary/aromatic N) is 1. The lowest BCUT2D eigenvalue weighted by Crippen LogP contribution is -2.09. The van der Waals surface area contributed by atoms with Gasteiger partial charge < -0.3 is 5.43 Å². The van der Waals surface area contributed by atoms with Gasteiger partial charge >= 0.3 is 0 Å². The summed E-state index contributed by atoms with van der Waals surface area (Å²) < 4.78 is 0. The number of rotatable bonds is 1. The Labute approximate surface area is 65.6 Å². The Kier molecular flexibility index (Phi) is 2.09. The van der Waals surface area contributed by atoms with Gasteiger partial charge in [-0.2, -0.15) is 0 Å². The number of aromatic nitrogens is 1. The average Bonchev–Trinajstić information content (AvgIpc) is 2.04. The Morgan fingerprint density at radius 1 is 1.64 bits per heavy atom. The highest BCUT2D eigenvalue weighted by Gasteiger charge is 1.96. The van der Waals surface area contributed by atoms with Crippen LogP contribution in [-0.2, 0) is 0 Å². The average molecular weight is 147 g/mol. The van der Waals surface area contributed by atoms with Crippen molar-refractivity contribution in [3.05, 3.63) is 23.4 Å². The summed E-state index contributed by atoms with van der Waals surface area (Å²) in [5.41, 5.74) is 4.04. The van der Waals surface area contributed by atoms with Crippen LogP contribution >= 0.6 is 0 Å². The van der Waals surface area contributed by atoms with E-state index in [9.17, 15) is 0 Å². The zero-order valence-corrected chi connectivity index (χ0v) is 6.26. The molecule has 1 heterocycles. The molecule has 0 radical (unpaired) electrons. The summed E-state index contributed by atoms with van der Waals surface area (Å²) >= 11 is 0. The summed E-state index contributed by atoms with van der Waals surface area (Å²) in [4.78, 5) is 4.08. The number of nitrogen functional groups attached to an aromatic ring is 1. The molecule has 0 aliphatic heterocycles. The fourth-order valence-corrected chi connectivity index (χ4v) is 0.794. The smallest absolute Gasteiger partial charge is 0.140 e. The van der Waals surface area contributed by atoms with Crippen molar-refractivity contribution in [3.8, 4) is 12.3 Å². The molecule has 0 amide bonds. The highest BCUT2D eigenvalue weighted by molar-refractivity contribution is 5.43. The van der Waals surface area contributed by atoms with Gasteiger partial charge in [0, 0.05) is 5.56 Å². The molecule has 3 heteroatoms. The fraction of sp³-hybridized carbons (Fsp3) is 0.125. The minimum Gasteiger partial charge on any atom is -0.308 e. The second-order valence-electron chi connectivity index (χ2n) is 2.12. The molecule has 0 aliphatic rings. The summed E-state index contributed by atoms with van der Waals surface area (Å²) in [5.74, 6) is 8.29. The first kappa shape index (κ1) is 7.58. The highest BCUT2D eigenvalue weighted by atomic mass is 15.2. The van der Waals surface area contributed by atoms with Gasteiger partial charge in [-0.25, -0.2) is 10.8 Å². The van der Waals surface area contributed by atoms with Gasteiger partial charge in [0.05, 0.1) is 5.69 Å². The van der Waals surface area contributed by atoms with E-state index >= 15 is 0 Å². The molecule has 1 rings (SSSR count). The first-order valence-corrected chi connectivity index (χ1v) is 3.19. The van der Waals surface area contributed by atoms with Crippen molar-refractivity contribution in [2.24, 2.45) is 5.84 Å². The van der Waals surface area contributed by atoms with E-state index in [-0.39, 0.29) is 0 Å². The van der Waals surface area contributed by atoms with Crippen LogP contribution in [0.3, 0.4) is 0 Å². The Morgan fingerprint density at radius 3 is 2.82 bits per heavy atom. The van der Waals surface area contributed by atoms with E-state index in [1.807, 2.05) is 6.92 Å². The Bertz CT molecular complexity index is 299. The van der Waals surface area contributed by atoms with Gasteiger partial charge in [0.15, 0.2) is 0 Å². The molecule has 0 atom stereocenters. The van der Waals surface area contributed by atoms with Gasteiger partial charge in [-0.05, 0) is 19.1 Å². The molecule has 0 bridgehead atoms. The third-order valence-electron chi connectivity index (χ3n) is 1.39. The molecule has 0 aromatic carbocycles. The van der Waals surface area contributed by atoms with E-state index < -0.39 is 0 Å². The summed E-state index contributed by atoms with van der Waals surface area (Å²) in [5, 5.41) is 0. The number of nitrogens with two attached hydrogens (primary N) is 1. The van der Waals surface area contributed by atoms with Crippen LogP contribution in [-0.4, -0.2) is 4.98 Å². The number of pyridine rings is 1. The van der Waals surface area contributed by atoms with Crippen LogP contribution < -0.4 is 11.3 Å². The maximum absolute atomic E-state index is 5.20. The lowest BCUT2D eigenvalue weighted by Gasteiger charge is -2.00. The molecule has 3 N–H and O–H groups in total. The molecule has 0 spiro atoms. The summed E-state index contributed by atoms with van der Waals surface area (Å²) in [6, 6.07) is 3.54. The zero-order chi connectivity index (χ0) is 8.27.